The Morgan fingerprint density at radius 2 is 2.20 bits per heavy atom. The molecule has 25 heavy (non-hydrogen) atoms. The van der Waals surface area contributed by atoms with E-state index in [-0.39, 0.29) is 34.0 Å². The molecule has 2 atom stereocenters. The van der Waals surface area contributed by atoms with Crippen LogP contribution in [-0.2, 0) is 6.42 Å². The zero-order chi connectivity index (χ0) is 17.7. The normalized spacial score (nSPS) is 21.1. The molecule has 2 aliphatic heterocycles. The molecule has 2 bridgehead atoms. The number of carbonyl (C=O) groups excluding carboxylic acids is 1. The summed E-state index contributed by atoms with van der Waals surface area (Å²) in [5.74, 6) is -0.650. The minimum Gasteiger partial charge on any atom is -0.397 e. The van der Waals surface area contributed by atoms with E-state index < -0.39 is 11.8 Å². The molecule has 0 saturated carbocycles. The van der Waals surface area contributed by atoms with Crippen LogP contribution in [0.4, 0.5) is 20.6 Å². The summed E-state index contributed by atoms with van der Waals surface area (Å²) < 4.78 is 14.0. The van der Waals surface area contributed by atoms with E-state index >= 15 is 0 Å². The molecule has 4 rings (SSSR count). The van der Waals surface area contributed by atoms with E-state index in [2.05, 4.69) is 15.5 Å². The SMILES string of the molecule is Nc1cc(F)c(NC(=O)N2[C@H]3CC[C@@H]2c2n[nH]c(=O)cc2C3)cc1Cl. The second kappa shape index (κ2) is 5.73. The fourth-order valence-corrected chi connectivity index (χ4v) is 3.82. The highest BCUT2D eigenvalue weighted by molar-refractivity contribution is 6.33. The monoisotopic (exact) mass is 363 g/mol. The Bertz CT molecular complexity index is 931. The molecule has 0 aliphatic carbocycles. The third-order valence-corrected chi connectivity index (χ3v) is 5.08. The van der Waals surface area contributed by atoms with Gasteiger partial charge in [-0.2, -0.15) is 5.10 Å². The predicted molar refractivity (Wildman–Crippen MR) is 91.0 cm³/mol. The fourth-order valence-electron chi connectivity index (χ4n) is 3.65. The lowest BCUT2D eigenvalue weighted by Crippen LogP contribution is -2.45. The van der Waals surface area contributed by atoms with E-state index in [4.69, 9.17) is 17.3 Å². The van der Waals surface area contributed by atoms with Crippen molar-refractivity contribution >= 4 is 29.0 Å². The van der Waals surface area contributed by atoms with Gasteiger partial charge in [-0.1, -0.05) is 11.6 Å². The number of nitrogens with zero attached hydrogens (tertiary/aromatic N) is 2. The molecule has 7 nitrogen and oxygen atoms in total. The molecule has 1 saturated heterocycles. The van der Waals surface area contributed by atoms with E-state index in [9.17, 15) is 14.0 Å². The summed E-state index contributed by atoms with van der Waals surface area (Å²) in [6.07, 6.45) is 2.10. The Morgan fingerprint density at radius 3 is 3.00 bits per heavy atom. The van der Waals surface area contributed by atoms with Crippen LogP contribution < -0.4 is 16.6 Å². The highest BCUT2D eigenvalue weighted by atomic mass is 35.5. The van der Waals surface area contributed by atoms with Crippen molar-refractivity contribution in [3.63, 3.8) is 0 Å². The lowest BCUT2D eigenvalue weighted by Gasteiger charge is -2.35. The van der Waals surface area contributed by atoms with Crippen molar-refractivity contribution in [1.29, 1.82) is 0 Å². The van der Waals surface area contributed by atoms with Gasteiger partial charge in [0, 0.05) is 18.2 Å². The Balaban J connectivity index is 1.63. The van der Waals surface area contributed by atoms with Gasteiger partial charge >= 0.3 is 6.03 Å². The molecule has 1 aromatic heterocycles. The average molecular weight is 364 g/mol. The third-order valence-electron chi connectivity index (χ3n) is 4.76. The number of aromatic nitrogens is 2. The number of amides is 2. The second-order valence-corrected chi connectivity index (χ2v) is 6.69. The standard InChI is InChI=1S/C16H15ClFN5O2/c17-9-5-12(10(18)6-11(9)19)20-16(25)23-8-1-2-13(23)15-7(3-8)4-14(24)21-22-15/h4-6,8,13H,1-3,19H2,(H,20,25)(H,21,24)/t8-,13+/m0/s1. The zero-order valence-electron chi connectivity index (χ0n) is 13.1. The van der Waals surface area contributed by atoms with Gasteiger partial charge in [-0.05, 0) is 30.9 Å². The lowest BCUT2D eigenvalue weighted by atomic mass is 9.99. The first-order valence-corrected chi connectivity index (χ1v) is 8.24. The number of nitrogens with one attached hydrogen (secondary N) is 2. The summed E-state index contributed by atoms with van der Waals surface area (Å²) in [5, 5.41) is 9.26. The summed E-state index contributed by atoms with van der Waals surface area (Å²) in [5.41, 5.74) is 6.94. The number of aromatic amines is 1. The van der Waals surface area contributed by atoms with Gasteiger partial charge in [0.15, 0.2) is 0 Å². The Hall–Kier alpha value is -2.61. The number of rotatable bonds is 1. The molecule has 9 heteroatoms. The highest BCUT2D eigenvalue weighted by Gasteiger charge is 2.43. The number of H-pyrrole nitrogens is 1. The number of halogens is 2. The first-order chi connectivity index (χ1) is 11.9. The maximum atomic E-state index is 14.0. The minimum absolute atomic E-state index is 0.0242. The summed E-state index contributed by atoms with van der Waals surface area (Å²) in [6, 6.07) is 3.18. The molecule has 1 aromatic carbocycles. The molecule has 1 fully saturated rings. The van der Waals surface area contributed by atoms with Gasteiger partial charge in [-0.3, -0.25) is 4.79 Å². The zero-order valence-corrected chi connectivity index (χ0v) is 13.8. The number of nitrogen functional groups attached to an aromatic ring is 1. The van der Waals surface area contributed by atoms with Gasteiger partial charge in [0.1, 0.15) is 5.82 Å². The van der Waals surface area contributed by atoms with Crippen molar-refractivity contribution in [2.75, 3.05) is 11.1 Å². The van der Waals surface area contributed by atoms with Gasteiger partial charge in [0.25, 0.3) is 5.56 Å². The summed E-state index contributed by atoms with van der Waals surface area (Å²) >= 11 is 5.91. The van der Waals surface area contributed by atoms with Crippen LogP contribution in [0.2, 0.25) is 5.02 Å². The number of fused-ring (bicyclic) bond motifs is 4. The Kier molecular flexibility index (Phi) is 3.64. The van der Waals surface area contributed by atoms with Crippen LogP contribution in [0, 0.1) is 5.82 Å². The van der Waals surface area contributed by atoms with E-state index in [1.54, 1.807) is 4.90 Å². The summed E-state index contributed by atoms with van der Waals surface area (Å²) in [6.45, 7) is 0. The molecule has 0 unspecified atom stereocenters. The molecule has 0 spiro atoms. The molecule has 4 N–H and O–H groups in total. The summed E-state index contributed by atoms with van der Waals surface area (Å²) in [7, 11) is 0. The van der Waals surface area contributed by atoms with E-state index in [1.807, 2.05) is 0 Å². The molecular formula is C16H15ClFN5O2. The van der Waals surface area contributed by atoms with Gasteiger partial charge in [0.05, 0.1) is 28.1 Å². The van der Waals surface area contributed by atoms with Crippen molar-refractivity contribution in [2.24, 2.45) is 0 Å². The molecule has 2 aromatic rings. The van der Waals surface area contributed by atoms with Crippen molar-refractivity contribution < 1.29 is 9.18 Å². The maximum absolute atomic E-state index is 14.0. The lowest BCUT2D eigenvalue weighted by molar-refractivity contribution is 0.177. The number of nitrogens with two attached hydrogens (primary N) is 1. The quantitative estimate of drug-likeness (QED) is 0.677. The van der Waals surface area contributed by atoms with Crippen molar-refractivity contribution in [3.05, 3.63) is 50.7 Å². The number of hydrogen-bond acceptors (Lipinski definition) is 4. The van der Waals surface area contributed by atoms with Gasteiger partial charge in [-0.15, -0.1) is 0 Å². The largest absolute Gasteiger partial charge is 0.397 e. The number of anilines is 2. The van der Waals surface area contributed by atoms with Crippen molar-refractivity contribution in [2.45, 2.75) is 31.3 Å². The van der Waals surface area contributed by atoms with E-state index in [0.29, 0.717) is 12.1 Å². The van der Waals surface area contributed by atoms with E-state index in [0.717, 1.165) is 24.5 Å². The highest BCUT2D eigenvalue weighted by Crippen LogP contribution is 2.42. The minimum atomic E-state index is -0.650. The predicted octanol–water partition coefficient (Wildman–Crippen LogP) is 2.44. The molecule has 3 heterocycles. The number of urea groups is 1. The molecule has 2 aliphatic rings. The third kappa shape index (κ3) is 2.62. The topological polar surface area (TPSA) is 104 Å². The molecule has 130 valence electrons. The van der Waals surface area contributed by atoms with Crippen LogP contribution in [-0.4, -0.2) is 27.2 Å². The van der Waals surface area contributed by atoms with Crippen LogP contribution in [0.5, 0.6) is 0 Å². The molecule has 0 radical (unpaired) electrons. The first kappa shape index (κ1) is 15.9. The van der Waals surface area contributed by atoms with Gasteiger partial charge in [-0.25, -0.2) is 14.3 Å². The summed E-state index contributed by atoms with van der Waals surface area (Å²) in [4.78, 5) is 25.8. The maximum Gasteiger partial charge on any atom is 0.322 e. The van der Waals surface area contributed by atoms with Crippen LogP contribution in [0.3, 0.4) is 0 Å². The fraction of sp³-hybridized carbons (Fsp3) is 0.312. The Labute approximate surface area is 147 Å². The second-order valence-electron chi connectivity index (χ2n) is 6.28. The van der Waals surface area contributed by atoms with Crippen molar-refractivity contribution in [3.8, 4) is 0 Å². The van der Waals surface area contributed by atoms with Crippen LogP contribution in [0.15, 0.2) is 23.0 Å². The van der Waals surface area contributed by atoms with Crippen LogP contribution in [0.25, 0.3) is 0 Å². The van der Waals surface area contributed by atoms with Gasteiger partial charge < -0.3 is 16.0 Å². The van der Waals surface area contributed by atoms with E-state index in [1.165, 1.54) is 12.1 Å². The van der Waals surface area contributed by atoms with Gasteiger partial charge in [0.2, 0.25) is 0 Å². The number of hydrogen-bond donors (Lipinski definition) is 3. The van der Waals surface area contributed by atoms with Crippen molar-refractivity contribution in [1.82, 2.24) is 15.1 Å². The molecule has 2 amide bonds. The van der Waals surface area contributed by atoms with Crippen LogP contribution >= 0.6 is 11.6 Å². The van der Waals surface area contributed by atoms with Crippen LogP contribution in [0.1, 0.15) is 30.1 Å². The number of carbonyl (C=O) groups is 1. The number of benzene rings is 1. The molecular weight excluding hydrogens is 349 g/mol. The first-order valence-electron chi connectivity index (χ1n) is 7.86. The smallest absolute Gasteiger partial charge is 0.322 e. The Morgan fingerprint density at radius 1 is 1.40 bits per heavy atom. The average Bonchev–Trinajstić information content (AvgIpc) is 2.88.